The van der Waals surface area contributed by atoms with Crippen molar-refractivity contribution < 1.29 is 9.18 Å². The van der Waals surface area contributed by atoms with E-state index in [0.29, 0.717) is 6.54 Å². The van der Waals surface area contributed by atoms with Crippen LogP contribution in [0.1, 0.15) is 22.0 Å². The number of hydrogen-bond acceptors (Lipinski definition) is 4. The first-order valence-electron chi connectivity index (χ1n) is 8.95. The lowest BCUT2D eigenvalue weighted by Gasteiger charge is -2.21. The Bertz CT molecular complexity index is 880. The Labute approximate surface area is 173 Å². The molecule has 0 bridgehead atoms. The molecule has 0 aliphatic heterocycles. The Hall–Kier alpha value is -2.15. The summed E-state index contributed by atoms with van der Waals surface area (Å²) < 4.78 is 13.3. The highest BCUT2D eigenvalue weighted by Gasteiger charge is 2.19. The molecule has 0 aliphatic carbocycles. The summed E-state index contributed by atoms with van der Waals surface area (Å²) in [6.45, 7) is 0.982. The number of nitrogens with zero attached hydrogens (tertiary/aromatic N) is 1. The molecule has 3 nitrogen and oxygen atoms in total. The molecular formula is C22H23FN2OS2. The molecule has 1 unspecified atom stereocenters. The minimum Gasteiger partial charge on any atom is -0.343 e. The molecule has 0 saturated heterocycles. The van der Waals surface area contributed by atoms with Gasteiger partial charge in [0.1, 0.15) is 5.82 Å². The number of thioether (sulfide) groups is 1. The van der Waals surface area contributed by atoms with Crippen LogP contribution in [-0.4, -0.2) is 30.7 Å². The molecule has 6 heteroatoms. The van der Waals surface area contributed by atoms with E-state index < -0.39 is 0 Å². The van der Waals surface area contributed by atoms with E-state index in [2.05, 4.69) is 35.8 Å². The summed E-state index contributed by atoms with van der Waals surface area (Å²) >= 11 is 3.28. The predicted molar refractivity (Wildman–Crippen MR) is 115 cm³/mol. The maximum atomic E-state index is 13.3. The molecule has 3 rings (SSSR count). The van der Waals surface area contributed by atoms with Gasteiger partial charge in [0.25, 0.3) is 0 Å². The van der Waals surface area contributed by atoms with Crippen molar-refractivity contribution in [3.8, 4) is 0 Å². The van der Waals surface area contributed by atoms with Crippen molar-refractivity contribution >= 4 is 29.0 Å². The lowest BCUT2D eigenvalue weighted by Crippen LogP contribution is -2.37. The number of amides is 1. The molecule has 0 spiro atoms. The number of carbonyl (C=O) groups excluding carboxylic acids is 1. The quantitative estimate of drug-likeness (QED) is 0.530. The van der Waals surface area contributed by atoms with Gasteiger partial charge in [-0.15, -0.1) is 23.1 Å². The van der Waals surface area contributed by atoms with Gasteiger partial charge in [0.05, 0.1) is 12.6 Å². The molecule has 1 amide bonds. The van der Waals surface area contributed by atoms with E-state index in [1.165, 1.54) is 22.6 Å². The largest absolute Gasteiger partial charge is 0.343 e. The highest BCUT2D eigenvalue weighted by atomic mass is 32.2. The van der Waals surface area contributed by atoms with E-state index in [1.807, 2.05) is 29.5 Å². The Kier molecular flexibility index (Phi) is 7.25. The van der Waals surface area contributed by atoms with Gasteiger partial charge in [-0.2, -0.15) is 0 Å². The van der Waals surface area contributed by atoms with Crippen LogP contribution in [0.25, 0.3) is 0 Å². The third-order valence-corrected chi connectivity index (χ3v) is 6.04. The van der Waals surface area contributed by atoms with Crippen LogP contribution in [0.3, 0.4) is 0 Å². The number of hydrogen-bond donors (Lipinski definition) is 1. The molecule has 28 heavy (non-hydrogen) atoms. The Balaban J connectivity index is 1.63. The molecule has 1 atom stereocenters. The summed E-state index contributed by atoms with van der Waals surface area (Å²) in [5, 5.41) is 5.07. The fraction of sp³-hybridized carbons (Fsp3) is 0.227. The fourth-order valence-corrected chi connectivity index (χ4v) is 4.19. The summed E-state index contributed by atoms with van der Waals surface area (Å²) in [5.41, 5.74) is 2.04. The lowest BCUT2D eigenvalue weighted by molar-refractivity contribution is -0.122. The summed E-state index contributed by atoms with van der Waals surface area (Å²) in [6.07, 6.45) is 2.05. The van der Waals surface area contributed by atoms with Gasteiger partial charge in [-0.1, -0.05) is 30.3 Å². The van der Waals surface area contributed by atoms with Crippen molar-refractivity contribution in [3.05, 3.63) is 87.9 Å². The molecule has 0 aliphatic rings. The number of rotatable bonds is 8. The highest BCUT2D eigenvalue weighted by Crippen LogP contribution is 2.26. The van der Waals surface area contributed by atoms with Crippen LogP contribution >= 0.6 is 23.1 Å². The topological polar surface area (TPSA) is 32.3 Å². The average molecular weight is 415 g/mol. The summed E-state index contributed by atoms with van der Waals surface area (Å²) in [7, 11) is 1.93. The maximum Gasteiger partial charge on any atom is 0.234 e. The highest BCUT2D eigenvalue weighted by molar-refractivity contribution is 7.98. The number of nitrogens with one attached hydrogen (secondary N) is 1. The first-order valence-corrected chi connectivity index (χ1v) is 11.1. The van der Waals surface area contributed by atoms with Gasteiger partial charge >= 0.3 is 0 Å². The molecule has 1 heterocycles. The third-order valence-electron chi connectivity index (χ3n) is 4.36. The first kappa shape index (κ1) is 20.6. The van der Waals surface area contributed by atoms with Crippen molar-refractivity contribution in [1.29, 1.82) is 0 Å². The van der Waals surface area contributed by atoms with Gasteiger partial charge < -0.3 is 5.32 Å². The number of carbonyl (C=O) groups is 1. The minimum absolute atomic E-state index is 0.0639. The predicted octanol–water partition coefficient (Wildman–Crippen LogP) is 4.95. The van der Waals surface area contributed by atoms with Crippen molar-refractivity contribution in [3.63, 3.8) is 0 Å². The van der Waals surface area contributed by atoms with Crippen molar-refractivity contribution in [2.75, 3.05) is 19.8 Å². The van der Waals surface area contributed by atoms with Crippen LogP contribution < -0.4 is 5.32 Å². The van der Waals surface area contributed by atoms with E-state index in [-0.39, 0.29) is 24.3 Å². The number of likely N-dealkylation sites (N-methyl/N-ethyl adjacent to an activating group) is 1. The zero-order valence-corrected chi connectivity index (χ0v) is 17.5. The standard InChI is InChI=1S/C22H23FN2OS2/c1-25(14-16-5-11-19(27-2)12-6-16)15-21(26)24-22(20-4-3-13-28-20)17-7-9-18(23)10-8-17/h3-13,22H,14-15H2,1-2H3,(H,24,26). The molecule has 3 aromatic rings. The monoisotopic (exact) mass is 414 g/mol. The summed E-state index contributed by atoms with van der Waals surface area (Å²) in [6, 6.07) is 18.3. The summed E-state index contributed by atoms with van der Waals surface area (Å²) in [5.74, 6) is -0.349. The van der Waals surface area contributed by atoms with E-state index in [4.69, 9.17) is 0 Å². The number of thiophene rings is 1. The Morgan fingerprint density at radius 1 is 1.14 bits per heavy atom. The van der Waals surface area contributed by atoms with Crippen molar-refractivity contribution in [2.24, 2.45) is 0 Å². The molecule has 2 aromatic carbocycles. The van der Waals surface area contributed by atoms with Crippen LogP contribution in [0.15, 0.2) is 70.9 Å². The maximum absolute atomic E-state index is 13.3. The van der Waals surface area contributed by atoms with E-state index in [0.717, 1.165) is 10.4 Å². The smallest absolute Gasteiger partial charge is 0.234 e. The van der Waals surface area contributed by atoms with Gasteiger partial charge in [-0.05, 0) is 60.1 Å². The second kappa shape index (κ2) is 9.87. The van der Waals surface area contributed by atoms with Gasteiger partial charge in [0, 0.05) is 16.3 Å². The Morgan fingerprint density at radius 2 is 1.86 bits per heavy atom. The summed E-state index contributed by atoms with van der Waals surface area (Å²) in [4.78, 5) is 16.9. The lowest BCUT2D eigenvalue weighted by atomic mass is 10.1. The van der Waals surface area contributed by atoms with Crippen LogP contribution in [0.4, 0.5) is 4.39 Å². The van der Waals surface area contributed by atoms with Gasteiger partial charge in [0.15, 0.2) is 0 Å². The van der Waals surface area contributed by atoms with Crippen LogP contribution in [0.5, 0.6) is 0 Å². The van der Waals surface area contributed by atoms with Crippen molar-refractivity contribution in [1.82, 2.24) is 10.2 Å². The second-order valence-electron chi connectivity index (χ2n) is 6.59. The SMILES string of the molecule is CSc1ccc(CN(C)CC(=O)NC(c2ccc(F)cc2)c2cccs2)cc1. The number of benzene rings is 2. The fourth-order valence-electron chi connectivity index (χ4n) is 2.98. The van der Waals surface area contributed by atoms with E-state index in [1.54, 1.807) is 35.2 Å². The van der Waals surface area contributed by atoms with Crippen LogP contribution in [0.2, 0.25) is 0 Å². The molecule has 0 saturated carbocycles. The first-order chi connectivity index (χ1) is 13.5. The molecule has 1 N–H and O–H groups in total. The van der Waals surface area contributed by atoms with E-state index >= 15 is 0 Å². The third kappa shape index (κ3) is 5.67. The average Bonchev–Trinajstić information content (AvgIpc) is 3.22. The molecule has 0 fully saturated rings. The van der Waals surface area contributed by atoms with E-state index in [9.17, 15) is 9.18 Å². The molecule has 1 aromatic heterocycles. The molecule has 0 radical (unpaired) electrons. The van der Waals surface area contributed by atoms with Crippen molar-refractivity contribution in [2.45, 2.75) is 17.5 Å². The Morgan fingerprint density at radius 3 is 2.46 bits per heavy atom. The minimum atomic E-state index is -0.285. The second-order valence-corrected chi connectivity index (χ2v) is 8.45. The molecular weight excluding hydrogens is 391 g/mol. The van der Waals surface area contributed by atoms with Gasteiger partial charge in [-0.25, -0.2) is 4.39 Å². The number of halogens is 1. The van der Waals surface area contributed by atoms with Gasteiger partial charge in [0.2, 0.25) is 5.91 Å². The molecule has 146 valence electrons. The van der Waals surface area contributed by atoms with Gasteiger partial charge in [-0.3, -0.25) is 9.69 Å². The van der Waals surface area contributed by atoms with Crippen LogP contribution in [0, 0.1) is 5.82 Å². The zero-order chi connectivity index (χ0) is 19.9. The normalized spacial score (nSPS) is 12.1. The van der Waals surface area contributed by atoms with Crippen LogP contribution in [-0.2, 0) is 11.3 Å². The zero-order valence-electron chi connectivity index (χ0n) is 15.9.